The van der Waals surface area contributed by atoms with E-state index in [-0.39, 0.29) is 16.8 Å². The molecule has 0 aliphatic rings. The molecule has 0 amide bonds. The van der Waals surface area contributed by atoms with Crippen molar-refractivity contribution in [2.24, 2.45) is 4.99 Å². The largest absolute Gasteiger partial charge is 0.480 e. The third-order valence-corrected chi connectivity index (χ3v) is 1.83. The van der Waals surface area contributed by atoms with Crippen molar-refractivity contribution in [3.8, 4) is 0 Å². The van der Waals surface area contributed by atoms with Gasteiger partial charge in [-0.1, -0.05) is 11.6 Å². The standard InChI is InChI=1S/C5H7Cl2NO2S/c6-1-4(7)8-3(2-11)5(9)10/h3,11H,1-2H2,(H,9,10)/t3-/m1/s1. The number of rotatable bonds is 4. The van der Waals surface area contributed by atoms with Crippen LogP contribution in [-0.2, 0) is 4.79 Å². The van der Waals surface area contributed by atoms with Crippen molar-refractivity contribution >= 4 is 47.0 Å². The highest BCUT2D eigenvalue weighted by Crippen LogP contribution is 1.99. The Morgan fingerprint density at radius 1 is 1.73 bits per heavy atom. The second kappa shape index (κ2) is 5.69. The average Bonchev–Trinajstić information content (AvgIpc) is 1.99. The fraction of sp³-hybridized carbons (Fsp3) is 0.600. The number of nitrogens with zero attached hydrogens (tertiary/aromatic N) is 1. The van der Waals surface area contributed by atoms with Gasteiger partial charge in [0.05, 0.1) is 5.88 Å². The zero-order valence-corrected chi connectivity index (χ0v) is 7.90. The van der Waals surface area contributed by atoms with E-state index in [9.17, 15) is 4.79 Å². The molecule has 1 atom stereocenters. The predicted molar refractivity (Wildman–Crippen MR) is 49.3 cm³/mol. The van der Waals surface area contributed by atoms with Crippen molar-refractivity contribution in [2.75, 3.05) is 11.6 Å². The number of thiol groups is 1. The minimum atomic E-state index is -1.05. The fourth-order valence-corrected chi connectivity index (χ4v) is 0.802. The van der Waals surface area contributed by atoms with Gasteiger partial charge in [-0.15, -0.1) is 11.6 Å². The SMILES string of the molecule is O=C(O)[C@@H](CS)N=C(Cl)CCl. The first-order chi connectivity index (χ1) is 5.11. The van der Waals surface area contributed by atoms with E-state index < -0.39 is 12.0 Å². The van der Waals surface area contributed by atoms with E-state index in [1.165, 1.54) is 0 Å². The molecule has 6 heteroatoms. The summed E-state index contributed by atoms with van der Waals surface area (Å²) in [5.41, 5.74) is 0. The average molecular weight is 216 g/mol. The van der Waals surface area contributed by atoms with Crippen LogP contribution in [0.2, 0.25) is 0 Å². The second-order valence-electron chi connectivity index (χ2n) is 1.68. The topological polar surface area (TPSA) is 49.7 Å². The Balaban J connectivity index is 4.17. The van der Waals surface area contributed by atoms with E-state index in [4.69, 9.17) is 28.3 Å². The lowest BCUT2D eigenvalue weighted by Gasteiger charge is -2.02. The predicted octanol–water partition coefficient (Wildman–Crippen LogP) is 1.25. The molecule has 0 aromatic rings. The van der Waals surface area contributed by atoms with Crippen molar-refractivity contribution in [3.63, 3.8) is 0 Å². The van der Waals surface area contributed by atoms with Crippen LogP contribution in [0.1, 0.15) is 0 Å². The number of carbonyl (C=O) groups is 1. The molecule has 0 spiro atoms. The molecule has 0 bridgehead atoms. The summed E-state index contributed by atoms with van der Waals surface area (Å²) >= 11 is 14.5. The van der Waals surface area contributed by atoms with Crippen LogP contribution in [0.4, 0.5) is 0 Å². The zero-order chi connectivity index (χ0) is 8.85. The first kappa shape index (κ1) is 11.1. The summed E-state index contributed by atoms with van der Waals surface area (Å²) in [4.78, 5) is 13.9. The lowest BCUT2D eigenvalue weighted by molar-refractivity contribution is -0.137. The Morgan fingerprint density at radius 3 is 2.55 bits per heavy atom. The lowest BCUT2D eigenvalue weighted by atomic mass is 10.4. The van der Waals surface area contributed by atoms with E-state index in [0.29, 0.717) is 0 Å². The van der Waals surface area contributed by atoms with Gasteiger partial charge in [-0.05, 0) is 0 Å². The van der Waals surface area contributed by atoms with Gasteiger partial charge in [0.15, 0.2) is 6.04 Å². The monoisotopic (exact) mass is 215 g/mol. The molecule has 0 fully saturated rings. The van der Waals surface area contributed by atoms with Crippen molar-refractivity contribution < 1.29 is 9.90 Å². The van der Waals surface area contributed by atoms with Gasteiger partial charge in [-0.25, -0.2) is 4.79 Å². The maximum Gasteiger partial charge on any atom is 0.329 e. The summed E-state index contributed by atoms with van der Waals surface area (Å²) < 4.78 is 0. The second-order valence-corrected chi connectivity index (χ2v) is 2.74. The van der Waals surface area contributed by atoms with Crippen LogP contribution in [0.25, 0.3) is 0 Å². The molecule has 0 saturated carbocycles. The molecule has 0 radical (unpaired) electrons. The number of aliphatic carboxylic acids is 1. The molecule has 0 heterocycles. The quantitative estimate of drug-likeness (QED) is 0.422. The summed E-state index contributed by atoms with van der Waals surface area (Å²) in [6, 6.07) is -0.899. The van der Waals surface area contributed by atoms with Gasteiger partial charge in [0.1, 0.15) is 5.17 Å². The maximum absolute atomic E-state index is 10.3. The third-order valence-electron chi connectivity index (χ3n) is 0.864. The van der Waals surface area contributed by atoms with Crippen LogP contribution >= 0.6 is 35.8 Å². The fourth-order valence-electron chi connectivity index (χ4n) is 0.378. The van der Waals surface area contributed by atoms with E-state index in [1.54, 1.807) is 0 Å². The summed E-state index contributed by atoms with van der Waals surface area (Å²) in [5.74, 6) is -0.912. The first-order valence-electron chi connectivity index (χ1n) is 2.73. The zero-order valence-electron chi connectivity index (χ0n) is 5.50. The van der Waals surface area contributed by atoms with E-state index in [0.717, 1.165) is 0 Å². The highest BCUT2D eigenvalue weighted by Gasteiger charge is 2.13. The molecule has 1 N–H and O–H groups in total. The van der Waals surface area contributed by atoms with E-state index >= 15 is 0 Å². The molecule has 0 aromatic heterocycles. The molecule has 0 rings (SSSR count). The molecule has 0 saturated heterocycles. The van der Waals surface area contributed by atoms with Gasteiger partial charge in [0.25, 0.3) is 0 Å². The van der Waals surface area contributed by atoms with E-state index in [1.807, 2.05) is 0 Å². The number of alkyl halides is 1. The van der Waals surface area contributed by atoms with Crippen LogP contribution in [-0.4, -0.2) is 33.9 Å². The van der Waals surface area contributed by atoms with E-state index in [2.05, 4.69) is 17.6 Å². The van der Waals surface area contributed by atoms with Crippen molar-refractivity contribution in [3.05, 3.63) is 0 Å². The van der Waals surface area contributed by atoms with Gasteiger partial charge >= 0.3 is 5.97 Å². The summed E-state index contributed by atoms with van der Waals surface area (Å²) in [7, 11) is 0. The summed E-state index contributed by atoms with van der Waals surface area (Å²) in [6.07, 6.45) is 0. The molecule has 0 aliphatic heterocycles. The number of aliphatic imine (C=N–C) groups is 1. The Labute approximate surface area is 79.8 Å². The molecule has 11 heavy (non-hydrogen) atoms. The summed E-state index contributed by atoms with van der Waals surface area (Å²) in [6.45, 7) is 0. The Bertz CT molecular complexity index is 174. The Morgan fingerprint density at radius 2 is 2.27 bits per heavy atom. The number of carboxylic acids is 1. The van der Waals surface area contributed by atoms with Gasteiger partial charge in [-0.3, -0.25) is 4.99 Å². The lowest BCUT2D eigenvalue weighted by Crippen LogP contribution is -2.20. The molecular weight excluding hydrogens is 209 g/mol. The smallest absolute Gasteiger partial charge is 0.329 e. The van der Waals surface area contributed by atoms with Crippen molar-refractivity contribution in [2.45, 2.75) is 6.04 Å². The summed E-state index contributed by atoms with van der Waals surface area (Å²) in [5, 5.41) is 8.55. The molecule has 0 unspecified atom stereocenters. The number of carboxylic acid groups (broad SMARTS) is 1. The molecular formula is C5H7Cl2NO2S. The van der Waals surface area contributed by atoms with Crippen molar-refractivity contribution in [1.82, 2.24) is 0 Å². The van der Waals surface area contributed by atoms with Crippen LogP contribution in [0, 0.1) is 0 Å². The van der Waals surface area contributed by atoms with Gasteiger partial charge in [-0.2, -0.15) is 12.6 Å². The minimum absolute atomic E-state index is 0.0269. The Kier molecular flexibility index (Phi) is 5.72. The van der Waals surface area contributed by atoms with Crippen molar-refractivity contribution in [1.29, 1.82) is 0 Å². The molecule has 0 aliphatic carbocycles. The third kappa shape index (κ3) is 4.50. The van der Waals surface area contributed by atoms with Crippen LogP contribution in [0.5, 0.6) is 0 Å². The molecule has 3 nitrogen and oxygen atoms in total. The number of hydrogen-bond acceptors (Lipinski definition) is 3. The van der Waals surface area contributed by atoms with Crippen LogP contribution in [0.15, 0.2) is 4.99 Å². The van der Waals surface area contributed by atoms with Crippen LogP contribution < -0.4 is 0 Å². The van der Waals surface area contributed by atoms with Gasteiger partial charge < -0.3 is 5.11 Å². The number of halogens is 2. The highest BCUT2D eigenvalue weighted by atomic mass is 35.5. The first-order valence-corrected chi connectivity index (χ1v) is 4.28. The highest BCUT2D eigenvalue weighted by molar-refractivity contribution is 7.80. The Hall–Kier alpha value is 0.0700. The maximum atomic E-state index is 10.3. The van der Waals surface area contributed by atoms with Gasteiger partial charge in [0, 0.05) is 5.75 Å². The molecule has 0 aromatic carbocycles. The number of hydrogen-bond donors (Lipinski definition) is 2. The minimum Gasteiger partial charge on any atom is -0.480 e. The van der Waals surface area contributed by atoms with Gasteiger partial charge in [0.2, 0.25) is 0 Å². The molecule has 64 valence electrons. The van der Waals surface area contributed by atoms with Crippen LogP contribution in [0.3, 0.4) is 0 Å². The normalized spacial score (nSPS) is 14.6.